The lowest BCUT2D eigenvalue weighted by Gasteiger charge is -2.27. The summed E-state index contributed by atoms with van der Waals surface area (Å²) in [5, 5.41) is 4.90. The lowest BCUT2D eigenvalue weighted by atomic mass is 9.94. The van der Waals surface area contributed by atoms with Gasteiger partial charge in [-0.15, -0.1) is 0 Å². The van der Waals surface area contributed by atoms with E-state index in [2.05, 4.69) is 5.32 Å². The molecule has 5 nitrogen and oxygen atoms in total. The Morgan fingerprint density at radius 3 is 2.36 bits per heavy atom. The summed E-state index contributed by atoms with van der Waals surface area (Å²) in [7, 11) is 0. The number of imide groups is 1. The number of primary amides is 1. The SMILES string of the molecule is NC(=O)NC(=O)NC12CCC(CC1)C2. The number of nitrogens with one attached hydrogen (secondary N) is 2. The largest absolute Gasteiger partial charge is 0.351 e. The quantitative estimate of drug-likeness (QED) is 0.578. The van der Waals surface area contributed by atoms with Crippen LogP contribution in [0.2, 0.25) is 0 Å². The molecule has 0 atom stereocenters. The van der Waals surface area contributed by atoms with Crippen molar-refractivity contribution >= 4 is 12.1 Å². The van der Waals surface area contributed by atoms with Crippen LogP contribution in [0.5, 0.6) is 0 Å². The first-order valence-corrected chi connectivity index (χ1v) is 4.98. The van der Waals surface area contributed by atoms with Gasteiger partial charge in [-0.05, 0) is 38.0 Å². The molecule has 2 saturated carbocycles. The van der Waals surface area contributed by atoms with Crippen LogP contribution in [0.4, 0.5) is 9.59 Å². The highest BCUT2D eigenvalue weighted by Crippen LogP contribution is 2.47. The van der Waals surface area contributed by atoms with E-state index in [0.717, 1.165) is 25.2 Å². The summed E-state index contributed by atoms with van der Waals surface area (Å²) in [6.45, 7) is 0. The number of hydrogen-bond acceptors (Lipinski definition) is 2. The molecule has 2 fully saturated rings. The van der Waals surface area contributed by atoms with Gasteiger partial charge in [-0.3, -0.25) is 5.32 Å². The fourth-order valence-corrected chi connectivity index (χ4v) is 2.75. The zero-order valence-electron chi connectivity index (χ0n) is 8.01. The molecule has 4 N–H and O–H groups in total. The van der Waals surface area contributed by atoms with E-state index in [1.54, 1.807) is 0 Å². The number of rotatable bonds is 1. The van der Waals surface area contributed by atoms with E-state index in [1.165, 1.54) is 12.8 Å². The molecule has 0 heterocycles. The molecule has 78 valence electrons. The van der Waals surface area contributed by atoms with Crippen molar-refractivity contribution in [3.05, 3.63) is 0 Å². The van der Waals surface area contributed by atoms with Gasteiger partial charge in [-0.1, -0.05) is 0 Å². The molecule has 5 heteroatoms. The van der Waals surface area contributed by atoms with Gasteiger partial charge >= 0.3 is 12.1 Å². The summed E-state index contributed by atoms with van der Waals surface area (Å²) in [5.74, 6) is 0.767. The Morgan fingerprint density at radius 2 is 1.93 bits per heavy atom. The number of carbonyl (C=O) groups excluding carboxylic acids is 2. The molecule has 2 aliphatic carbocycles. The summed E-state index contributed by atoms with van der Waals surface area (Å²) < 4.78 is 0. The van der Waals surface area contributed by atoms with Crippen molar-refractivity contribution in [1.82, 2.24) is 10.6 Å². The Kier molecular flexibility index (Phi) is 2.09. The Morgan fingerprint density at radius 1 is 1.29 bits per heavy atom. The first-order chi connectivity index (χ1) is 6.60. The van der Waals surface area contributed by atoms with Crippen molar-refractivity contribution in [2.24, 2.45) is 11.7 Å². The van der Waals surface area contributed by atoms with Crippen LogP contribution in [0.3, 0.4) is 0 Å². The summed E-state index contributed by atoms with van der Waals surface area (Å²) in [6, 6.07) is -1.26. The first kappa shape index (κ1) is 9.30. The van der Waals surface area contributed by atoms with Crippen molar-refractivity contribution in [2.75, 3.05) is 0 Å². The third-order valence-electron chi connectivity index (χ3n) is 3.36. The highest BCUT2D eigenvalue weighted by Gasteiger charge is 2.45. The number of hydrogen-bond donors (Lipinski definition) is 3. The van der Waals surface area contributed by atoms with E-state index in [0.29, 0.717) is 0 Å². The highest BCUT2D eigenvalue weighted by atomic mass is 16.2. The van der Waals surface area contributed by atoms with Gasteiger partial charge in [0.05, 0.1) is 0 Å². The molecule has 0 saturated heterocycles. The minimum atomic E-state index is -0.800. The van der Waals surface area contributed by atoms with Crippen LogP contribution in [0, 0.1) is 5.92 Å². The van der Waals surface area contributed by atoms with E-state index in [9.17, 15) is 9.59 Å². The molecule has 2 rings (SSSR count). The van der Waals surface area contributed by atoms with Gasteiger partial charge in [0, 0.05) is 5.54 Å². The monoisotopic (exact) mass is 197 g/mol. The van der Waals surface area contributed by atoms with Gasteiger partial charge in [0.25, 0.3) is 0 Å². The molecule has 2 aliphatic rings. The third-order valence-corrected chi connectivity index (χ3v) is 3.36. The molecule has 0 unspecified atom stereocenters. The fourth-order valence-electron chi connectivity index (χ4n) is 2.75. The zero-order valence-corrected chi connectivity index (χ0v) is 8.01. The Hall–Kier alpha value is -1.26. The van der Waals surface area contributed by atoms with E-state index in [1.807, 2.05) is 5.32 Å². The van der Waals surface area contributed by atoms with Crippen molar-refractivity contribution in [2.45, 2.75) is 37.6 Å². The topological polar surface area (TPSA) is 84.2 Å². The molecule has 0 aromatic rings. The van der Waals surface area contributed by atoms with E-state index >= 15 is 0 Å². The molecule has 0 radical (unpaired) electrons. The van der Waals surface area contributed by atoms with Gasteiger partial charge in [0.15, 0.2) is 0 Å². The number of nitrogens with two attached hydrogens (primary N) is 1. The summed E-state index contributed by atoms with van der Waals surface area (Å²) in [5.41, 5.74) is 4.80. The van der Waals surface area contributed by atoms with Gasteiger partial charge in [0.1, 0.15) is 0 Å². The van der Waals surface area contributed by atoms with E-state index in [4.69, 9.17) is 5.73 Å². The van der Waals surface area contributed by atoms with Crippen LogP contribution in [0.1, 0.15) is 32.1 Å². The predicted molar refractivity (Wildman–Crippen MR) is 50.6 cm³/mol. The maximum absolute atomic E-state index is 11.3. The Labute approximate surface area is 82.4 Å². The smallest absolute Gasteiger partial charge is 0.323 e. The molecule has 0 aliphatic heterocycles. The van der Waals surface area contributed by atoms with Crippen LogP contribution in [-0.2, 0) is 0 Å². The van der Waals surface area contributed by atoms with Crippen LogP contribution >= 0.6 is 0 Å². The number of urea groups is 2. The maximum Gasteiger partial charge on any atom is 0.323 e. The van der Waals surface area contributed by atoms with Crippen LogP contribution in [-0.4, -0.2) is 17.6 Å². The third kappa shape index (κ3) is 1.66. The molecule has 14 heavy (non-hydrogen) atoms. The fraction of sp³-hybridized carbons (Fsp3) is 0.778. The van der Waals surface area contributed by atoms with E-state index < -0.39 is 12.1 Å². The number of amides is 4. The summed E-state index contributed by atoms with van der Waals surface area (Å²) >= 11 is 0. The highest BCUT2D eigenvalue weighted by molar-refractivity contribution is 5.92. The van der Waals surface area contributed by atoms with Gasteiger partial charge in [-0.2, -0.15) is 0 Å². The zero-order chi connectivity index (χ0) is 10.2. The average Bonchev–Trinajstić information content (AvgIpc) is 2.60. The molecular weight excluding hydrogens is 182 g/mol. The normalized spacial score (nSPS) is 34.1. The van der Waals surface area contributed by atoms with Gasteiger partial charge in [-0.25, -0.2) is 9.59 Å². The Bertz CT molecular complexity index is 269. The molecule has 0 aromatic heterocycles. The Balaban J connectivity index is 1.90. The minimum Gasteiger partial charge on any atom is -0.351 e. The second kappa shape index (κ2) is 3.15. The second-order valence-electron chi connectivity index (χ2n) is 4.37. The maximum atomic E-state index is 11.3. The minimum absolute atomic E-state index is 0.0514. The van der Waals surface area contributed by atoms with Crippen LogP contribution < -0.4 is 16.4 Å². The standard InChI is InChI=1S/C9H15N3O2/c10-7(13)11-8(14)12-9-3-1-6(5-9)2-4-9/h6H,1-5H2,(H4,10,11,12,13,14). The molecular formula is C9H15N3O2. The summed E-state index contributed by atoms with van der Waals surface area (Å²) in [6.07, 6.45) is 5.50. The first-order valence-electron chi connectivity index (χ1n) is 4.98. The van der Waals surface area contributed by atoms with Crippen LogP contribution in [0.15, 0.2) is 0 Å². The van der Waals surface area contributed by atoms with Crippen molar-refractivity contribution in [3.63, 3.8) is 0 Å². The van der Waals surface area contributed by atoms with E-state index in [-0.39, 0.29) is 5.54 Å². The number of fused-ring (bicyclic) bond motifs is 2. The predicted octanol–water partition coefficient (Wildman–Crippen LogP) is 0.697. The lowest BCUT2D eigenvalue weighted by molar-refractivity contribution is 0.219. The molecule has 2 bridgehead atoms. The van der Waals surface area contributed by atoms with Gasteiger partial charge in [0.2, 0.25) is 0 Å². The van der Waals surface area contributed by atoms with Crippen molar-refractivity contribution in [3.8, 4) is 0 Å². The van der Waals surface area contributed by atoms with Crippen molar-refractivity contribution < 1.29 is 9.59 Å². The van der Waals surface area contributed by atoms with Gasteiger partial charge < -0.3 is 11.1 Å². The molecule has 4 amide bonds. The van der Waals surface area contributed by atoms with Crippen molar-refractivity contribution in [1.29, 1.82) is 0 Å². The van der Waals surface area contributed by atoms with Crippen LogP contribution in [0.25, 0.3) is 0 Å². The molecule has 0 spiro atoms. The average molecular weight is 197 g/mol. The lowest BCUT2D eigenvalue weighted by Crippen LogP contribution is -2.52. The second-order valence-corrected chi connectivity index (χ2v) is 4.37. The molecule has 0 aromatic carbocycles. The summed E-state index contributed by atoms with van der Waals surface area (Å²) in [4.78, 5) is 21.7. The number of carbonyl (C=O) groups is 2.